The van der Waals surface area contributed by atoms with Gasteiger partial charge in [0.15, 0.2) is 0 Å². The Labute approximate surface area is 82.1 Å². The maximum atomic E-state index is 11.6. The van der Waals surface area contributed by atoms with Crippen LogP contribution in [0.2, 0.25) is 0 Å². The quantitative estimate of drug-likeness (QED) is 0.719. The number of nitrogens with one attached hydrogen (secondary N) is 1. The van der Waals surface area contributed by atoms with Crippen molar-refractivity contribution in [1.82, 2.24) is 5.32 Å². The summed E-state index contributed by atoms with van der Waals surface area (Å²) in [4.78, 5) is 11.6. The highest BCUT2D eigenvalue weighted by atomic mass is 16.2. The van der Waals surface area contributed by atoms with E-state index in [1.807, 2.05) is 20.8 Å². The van der Waals surface area contributed by atoms with Crippen molar-refractivity contribution >= 4 is 5.91 Å². The van der Waals surface area contributed by atoms with Gasteiger partial charge in [0.25, 0.3) is 0 Å². The third-order valence-corrected chi connectivity index (χ3v) is 2.24. The lowest BCUT2D eigenvalue weighted by molar-refractivity contribution is -0.129. The predicted octanol–water partition coefficient (Wildman–Crippen LogP) is 2.58. The Bertz CT molecular complexity index is 167. The maximum Gasteiger partial charge on any atom is 0.225 e. The SMILES string of the molecule is CC[C@@H](NC(=O)C(C)(C)C)C(C)C. The van der Waals surface area contributed by atoms with Crippen LogP contribution in [-0.4, -0.2) is 11.9 Å². The lowest BCUT2D eigenvalue weighted by atomic mass is 9.93. The zero-order chi connectivity index (χ0) is 10.6. The largest absolute Gasteiger partial charge is 0.353 e. The molecule has 1 amide bonds. The molecule has 0 unspecified atom stereocenters. The Morgan fingerprint density at radius 3 is 2.00 bits per heavy atom. The van der Waals surface area contributed by atoms with E-state index in [2.05, 4.69) is 26.1 Å². The summed E-state index contributed by atoms with van der Waals surface area (Å²) in [5.41, 5.74) is -0.275. The fourth-order valence-corrected chi connectivity index (χ4v) is 1.13. The predicted molar refractivity (Wildman–Crippen MR) is 56.5 cm³/mol. The second kappa shape index (κ2) is 4.64. The highest BCUT2D eigenvalue weighted by Crippen LogP contribution is 2.15. The molecule has 0 aliphatic rings. The minimum atomic E-state index is -0.275. The van der Waals surface area contributed by atoms with E-state index in [4.69, 9.17) is 0 Å². The summed E-state index contributed by atoms with van der Waals surface area (Å²) in [5, 5.41) is 3.07. The van der Waals surface area contributed by atoms with Crippen molar-refractivity contribution in [3.8, 4) is 0 Å². The molecule has 0 rings (SSSR count). The van der Waals surface area contributed by atoms with Crippen LogP contribution in [0.1, 0.15) is 48.0 Å². The first kappa shape index (κ1) is 12.5. The number of hydrogen-bond acceptors (Lipinski definition) is 1. The molecule has 2 nitrogen and oxygen atoms in total. The van der Waals surface area contributed by atoms with Crippen LogP contribution >= 0.6 is 0 Å². The number of carbonyl (C=O) groups is 1. The summed E-state index contributed by atoms with van der Waals surface area (Å²) in [5.74, 6) is 0.657. The first-order valence-corrected chi connectivity index (χ1v) is 5.10. The van der Waals surface area contributed by atoms with Crippen LogP contribution < -0.4 is 5.32 Å². The Kier molecular flexibility index (Phi) is 4.45. The molecule has 2 heteroatoms. The van der Waals surface area contributed by atoms with Gasteiger partial charge in [-0.15, -0.1) is 0 Å². The average Bonchev–Trinajstić information content (AvgIpc) is 1.96. The van der Waals surface area contributed by atoms with Gasteiger partial charge in [0, 0.05) is 11.5 Å². The van der Waals surface area contributed by atoms with Crippen LogP contribution in [0.25, 0.3) is 0 Å². The monoisotopic (exact) mass is 185 g/mol. The van der Waals surface area contributed by atoms with E-state index in [1.54, 1.807) is 0 Å². The molecule has 0 fully saturated rings. The van der Waals surface area contributed by atoms with Crippen LogP contribution in [0, 0.1) is 11.3 Å². The Morgan fingerprint density at radius 1 is 1.31 bits per heavy atom. The highest BCUT2D eigenvalue weighted by molar-refractivity contribution is 5.81. The van der Waals surface area contributed by atoms with Crippen molar-refractivity contribution in [3.63, 3.8) is 0 Å². The van der Waals surface area contributed by atoms with Gasteiger partial charge in [-0.05, 0) is 12.3 Å². The van der Waals surface area contributed by atoms with Crippen molar-refractivity contribution < 1.29 is 4.79 Å². The summed E-state index contributed by atoms with van der Waals surface area (Å²) in [6, 6.07) is 0.312. The van der Waals surface area contributed by atoms with Gasteiger partial charge in [0.1, 0.15) is 0 Å². The van der Waals surface area contributed by atoms with E-state index in [0.29, 0.717) is 12.0 Å². The Hall–Kier alpha value is -0.530. The van der Waals surface area contributed by atoms with E-state index in [0.717, 1.165) is 6.42 Å². The second-order valence-electron chi connectivity index (χ2n) is 4.98. The molecule has 1 atom stereocenters. The molecular weight excluding hydrogens is 162 g/mol. The summed E-state index contributed by atoms with van der Waals surface area (Å²) < 4.78 is 0. The highest BCUT2D eigenvalue weighted by Gasteiger charge is 2.24. The molecule has 78 valence electrons. The molecule has 0 spiro atoms. The third-order valence-electron chi connectivity index (χ3n) is 2.24. The van der Waals surface area contributed by atoms with Gasteiger partial charge in [-0.25, -0.2) is 0 Å². The fourth-order valence-electron chi connectivity index (χ4n) is 1.13. The summed E-state index contributed by atoms with van der Waals surface area (Å²) in [6.07, 6.45) is 0.999. The maximum absolute atomic E-state index is 11.6. The molecule has 13 heavy (non-hydrogen) atoms. The van der Waals surface area contributed by atoms with Gasteiger partial charge in [-0.2, -0.15) is 0 Å². The molecule has 0 radical (unpaired) electrons. The zero-order valence-corrected chi connectivity index (χ0v) is 9.77. The van der Waals surface area contributed by atoms with Gasteiger partial charge in [-0.3, -0.25) is 4.79 Å². The Balaban J connectivity index is 4.18. The van der Waals surface area contributed by atoms with Crippen molar-refractivity contribution in [2.45, 2.75) is 54.0 Å². The lowest BCUT2D eigenvalue weighted by Crippen LogP contribution is -2.43. The van der Waals surface area contributed by atoms with Crippen LogP contribution in [0.4, 0.5) is 0 Å². The Morgan fingerprint density at radius 2 is 1.77 bits per heavy atom. The number of rotatable bonds is 3. The molecule has 0 aliphatic carbocycles. The number of amides is 1. The number of hydrogen-bond donors (Lipinski definition) is 1. The van der Waals surface area contributed by atoms with Gasteiger partial charge in [0.05, 0.1) is 0 Å². The van der Waals surface area contributed by atoms with E-state index < -0.39 is 0 Å². The van der Waals surface area contributed by atoms with Crippen LogP contribution in [-0.2, 0) is 4.79 Å². The van der Waals surface area contributed by atoms with Crippen LogP contribution in [0.5, 0.6) is 0 Å². The average molecular weight is 185 g/mol. The molecule has 0 saturated heterocycles. The molecule has 0 aromatic carbocycles. The van der Waals surface area contributed by atoms with Gasteiger partial charge in [-0.1, -0.05) is 41.5 Å². The molecular formula is C11H23NO. The topological polar surface area (TPSA) is 29.1 Å². The third kappa shape index (κ3) is 4.30. The molecule has 0 aliphatic heterocycles. The fraction of sp³-hybridized carbons (Fsp3) is 0.909. The molecule has 0 aromatic rings. The summed E-state index contributed by atoms with van der Waals surface area (Å²) in [6.45, 7) is 12.2. The first-order chi connectivity index (χ1) is 5.79. The molecule has 0 heterocycles. The van der Waals surface area contributed by atoms with E-state index in [1.165, 1.54) is 0 Å². The normalized spacial score (nSPS) is 14.4. The molecule has 0 bridgehead atoms. The summed E-state index contributed by atoms with van der Waals surface area (Å²) >= 11 is 0. The van der Waals surface area contributed by atoms with Crippen LogP contribution in [0.3, 0.4) is 0 Å². The van der Waals surface area contributed by atoms with Crippen molar-refractivity contribution in [2.75, 3.05) is 0 Å². The van der Waals surface area contributed by atoms with E-state index in [9.17, 15) is 4.79 Å². The van der Waals surface area contributed by atoms with Crippen molar-refractivity contribution in [2.24, 2.45) is 11.3 Å². The van der Waals surface area contributed by atoms with Gasteiger partial charge >= 0.3 is 0 Å². The van der Waals surface area contributed by atoms with Gasteiger partial charge < -0.3 is 5.32 Å². The van der Waals surface area contributed by atoms with Crippen molar-refractivity contribution in [3.05, 3.63) is 0 Å². The number of carbonyl (C=O) groups excluding carboxylic acids is 1. The second-order valence-corrected chi connectivity index (χ2v) is 4.98. The molecule has 0 aromatic heterocycles. The van der Waals surface area contributed by atoms with E-state index >= 15 is 0 Å². The lowest BCUT2D eigenvalue weighted by Gasteiger charge is -2.25. The standard InChI is InChI=1S/C11H23NO/c1-7-9(8(2)3)12-10(13)11(4,5)6/h8-9H,7H2,1-6H3,(H,12,13)/t9-/m1/s1. The minimum Gasteiger partial charge on any atom is -0.353 e. The van der Waals surface area contributed by atoms with Gasteiger partial charge in [0.2, 0.25) is 5.91 Å². The molecule has 0 saturated carbocycles. The summed E-state index contributed by atoms with van der Waals surface area (Å²) in [7, 11) is 0. The van der Waals surface area contributed by atoms with E-state index in [-0.39, 0.29) is 11.3 Å². The zero-order valence-electron chi connectivity index (χ0n) is 9.77. The minimum absolute atomic E-state index is 0.146. The smallest absolute Gasteiger partial charge is 0.225 e. The van der Waals surface area contributed by atoms with Crippen LogP contribution in [0.15, 0.2) is 0 Å². The molecule has 1 N–H and O–H groups in total. The van der Waals surface area contributed by atoms with Crippen molar-refractivity contribution in [1.29, 1.82) is 0 Å². The first-order valence-electron chi connectivity index (χ1n) is 5.10.